The molecule has 2 aliphatic heterocycles. The Morgan fingerprint density at radius 3 is 2.91 bits per heavy atom. The van der Waals surface area contributed by atoms with E-state index in [9.17, 15) is 4.79 Å². The fourth-order valence-electron chi connectivity index (χ4n) is 4.30. The zero-order valence-corrected chi connectivity index (χ0v) is 18.2. The third kappa shape index (κ3) is 4.31. The number of carbonyl (C=O) groups is 1. The van der Waals surface area contributed by atoms with Crippen LogP contribution in [0.4, 0.5) is 5.69 Å². The van der Waals surface area contributed by atoms with Crippen LogP contribution < -0.4 is 21.6 Å². The van der Waals surface area contributed by atoms with Crippen LogP contribution in [0.2, 0.25) is 0 Å². The Morgan fingerprint density at radius 1 is 1.31 bits per heavy atom. The van der Waals surface area contributed by atoms with Gasteiger partial charge >= 0.3 is 5.97 Å². The predicted molar refractivity (Wildman–Crippen MR) is 127 cm³/mol. The fraction of sp³-hybridized carbons (Fsp3) is 0.250. The number of carboxylic acid groups (broad SMARTS) is 1. The molecule has 0 aliphatic carbocycles. The maximum atomic E-state index is 11.1. The highest BCUT2D eigenvalue weighted by atomic mass is 16.4. The summed E-state index contributed by atoms with van der Waals surface area (Å²) in [6, 6.07) is 13.9. The van der Waals surface area contributed by atoms with Crippen molar-refractivity contribution < 1.29 is 9.90 Å². The molecule has 0 spiro atoms. The first-order valence-electron chi connectivity index (χ1n) is 10.6. The van der Waals surface area contributed by atoms with Crippen LogP contribution in [0.3, 0.4) is 0 Å². The Labute approximate surface area is 187 Å². The van der Waals surface area contributed by atoms with E-state index >= 15 is 0 Å². The summed E-state index contributed by atoms with van der Waals surface area (Å²) in [6.45, 7) is 2.84. The van der Waals surface area contributed by atoms with Crippen LogP contribution in [-0.2, 0) is 11.2 Å². The van der Waals surface area contributed by atoms with Crippen molar-refractivity contribution in [3.63, 3.8) is 0 Å². The van der Waals surface area contributed by atoms with Crippen LogP contribution in [0.1, 0.15) is 41.6 Å². The summed E-state index contributed by atoms with van der Waals surface area (Å²) in [6.07, 6.45) is 4.00. The highest BCUT2D eigenvalue weighted by Gasteiger charge is 2.30. The van der Waals surface area contributed by atoms with Gasteiger partial charge in [0.05, 0.1) is 23.9 Å². The number of rotatable bonds is 7. The smallest absolute Gasteiger partial charge is 0.307 e. The second kappa shape index (κ2) is 9.15. The molecule has 2 aromatic carbocycles. The molecule has 0 radical (unpaired) electrons. The van der Waals surface area contributed by atoms with E-state index in [2.05, 4.69) is 38.7 Å². The van der Waals surface area contributed by atoms with E-state index in [0.29, 0.717) is 0 Å². The molecule has 1 unspecified atom stereocenters. The number of fused-ring (bicyclic) bond motifs is 3. The molecule has 0 amide bonds. The lowest BCUT2D eigenvalue weighted by atomic mass is 9.92. The van der Waals surface area contributed by atoms with Gasteiger partial charge in [-0.2, -0.15) is 0 Å². The minimum atomic E-state index is -0.844. The third-order valence-corrected chi connectivity index (χ3v) is 5.74. The topological polar surface area (TPSA) is 113 Å². The zero-order chi connectivity index (χ0) is 22.7. The van der Waals surface area contributed by atoms with E-state index in [1.54, 1.807) is 0 Å². The fourth-order valence-corrected chi connectivity index (χ4v) is 4.30. The lowest BCUT2D eigenvalue weighted by Crippen LogP contribution is -2.37. The first-order chi connectivity index (χ1) is 15.5. The van der Waals surface area contributed by atoms with Crippen molar-refractivity contribution in [2.24, 2.45) is 0 Å². The van der Waals surface area contributed by atoms with Crippen molar-refractivity contribution in [2.45, 2.75) is 25.8 Å². The Kier molecular flexibility index (Phi) is 6.13. The van der Waals surface area contributed by atoms with Gasteiger partial charge in [0.15, 0.2) is 0 Å². The van der Waals surface area contributed by atoms with Gasteiger partial charge in [-0.05, 0) is 48.2 Å². The lowest BCUT2D eigenvalue weighted by molar-refractivity contribution is -0.136. The molecule has 8 nitrogen and oxygen atoms in total. The van der Waals surface area contributed by atoms with Crippen LogP contribution in [0.25, 0.3) is 11.3 Å². The molecule has 1 atom stereocenters. The average Bonchev–Trinajstić information content (AvgIpc) is 3.06. The van der Waals surface area contributed by atoms with Gasteiger partial charge in [0.1, 0.15) is 0 Å². The third-order valence-electron chi connectivity index (χ3n) is 5.74. The van der Waals surface area contributed by atoms with Gasteiger partial charge in [0, 0.05) is 42.8 Å². The van der Waals surface area contributed by atoms with Gasteiger partial charge in [-0.15, -0.1) is 5.53 Å². The van der Waals surface area contributed by atoms with Gasteiger partial charge in [-0.3, -0.25) is 9.80 Å². The van der Waals surface area contributed by atoms with Gasteiger partial charge in [-0.25, -0.2) is 0 Å². The highest BCUT2D eigenvalue weighted by Crippen LogP contribution is 2.38. The van der Waals surface area contributed by atoms with Crippen LogP contribution in [0, 0.1) is 5.41 Å². The monoisotopic (exact) mass is 432 g/mol. The number of hydrogen-bond donors (Lipinski definition) is 6. The molecule has 8 heteroatoms. The number of allylic oxidation sites excluding steroid dienone is 2. The molecule has 4 rings (SSSR count). The molecule has 0 saturated heterocycles. The van der Waals surface area contributed by atoms with E-state index < -0.39 is 5.97 Å². The quantitative estimate of drug-likeness (QED) is 0.373. The number of nitrogens with zero attached hydrogens (tertiary/aromatic N) is 1. The van der Waals surface area contributed by atoms with Crippen molar-refractivity contribution in [1.29, 1.82) is 5.41 Å². The largest absolute Gasteiger partial charge is 0.481 e. The predicted octanol–water partition coefficient (Wildman–Crippen LogP) is 3.09. The Balaban J connectivity index is 1.76. The maximum absolute atomic E-state index is 11.1. The van der Waals surface area contributed by atoms with Crippen molar-refractivity contribution in [1.82, 2.24) is 21.3 Å². The van der Waals surface area contributed by atoms with Crippen LogP contribution in [0.15, 0.2) is 54.4 Å². The highest BCUT2D eigenvalue weighted by molar-refractivity contribution is 6.08. The molecule has 0 aromatic heterocycles. The molecule has 0 bridgehead atoms. The summed E-state index contributed by atoms with van der Waals surface area (Å²) >= 11 is 0. The molecule has 166 valence electrons. The minimum absolute atomic E-state index is 0.00607. The minimum Gasteiger partial charge on any atom is -0.481 e. The second-order valence-corrected chi connectivity index (χ2v) is 7.95. The summed E-state index contributed by atoms with van der Waals surface area (Å²) in [5.41, 5.74) is 14.3. The van der Waals surface area contributed by atoms with Crippen LogP contribution in [0.5, 0.6) is 0 Å². The molecule has 0 fully saturated rings. The van der Waals surface area contributed by atoms with Crippen molar-refractivity contribution in [3.8, 4) is 0 Å². The first kappa shape index (κ1) is 21.5. The number of hydrogen-bond acceptors (Lipinski definition) is 7. The van der Waals surface area contributed by atoms with E-state index in [4.69, 9.17) is 10.5 Å². The summed E-state index contributed by atoms with van der Waals surface area (Å²) in [7, 11) is 1.82. The average molecular weight is 433 g/mol. The molecule has 0 saturated carbocycles. The van der Waals surface area contributed by atoms with E-state index in [0.717, 1.165) is 57.9 Å². The van der Waals surface area contributed by atoms with Crippen LogP contribution >= 0.6 is 0 Å². The number of benzene rings is 2. The van der Waals surface area contributed by atoms with Crippen molar-refractivity contribution in [3.05, 3.63) is 76.6 Å². The molecule has 2 aromatic rings. The summed E-state index contributed by atoms with van der Waals surface area (Å²) < 4.78 is 0. The van der Waals surface area contributed by atoms with E-state index in [1.807, 2.05) is 50.5 Å². The van der Waals surface area contributed by atoms with Gasteiger partial charge in [0.25, 0.3) is 0 Å². The van der Waals surface area contributed by atoms with Crippen molar-refractivity contribution >= 4 is 29.1 Å². The van der Waals surface area contributed by atoms with E-state index in [1.165, 1.54) is 6.21 Å². The number of anilines is 1. The number of nitrogens with one attached hydrogen (secondary N) is 5. The van der Waals surface area contributed by atoms with Crippen LogP contribution in [-0.4, -0.2) is 35.9 Å². The Morgan fingerprint density at radius 2 is 2.16 bits per heavy atom. The Bertz CT molecular complexity index is 1110. The SMILES string of the molecule is CN/C=C(\C=N)c1ccc2c(c1)C(Nc1cccc(CC(=O)O)c1)CCN1NNC(C)=C21. The molecular formula is C24H28N6O2. The standard InChI is InChI=1S/C24H28N6O2/c1-15-24-20-7-6-17(18(13-25)14-26-2)12-21(20)22(8-9-30(24)29-28-15)27-19-5-3-4-16(10-19)11-23(31)32/h3-7,10,12-14,22,25-29H,8-9,11H2,1-2H3,(H,31,32)/b18-14+,25-13?. The zero-order valence-electron chi connectivity index (χ0n) is 18.2. The van der Waals surface area contributed by atoms with E-state index in [-0.39, 0.29) is 12.5 Å². The number of aliphatic carboxylic acids is 1. The first-order valence-corrected chi connectivity index (χ1v) is 10.6. The Hall–Kier alpha value is -3.78. The molecule has 32 heavy (non-hydrogen) atoms. The lowest BCUT2D eigenvalue weighted by Gasteiger charge is -2.22. The number of hydrazine groups is 2. The molecular weight excluding hydrogens is 404 g/mol. The summed E-state index contributed by atoms with van der Waals surface area (Å²) in [5, 5.41) is 25.7. The van der Waals surface area contributed by atoms with Gasteiger partial charge < -0.3 is 26.6 Å². The summed E-state index contributed by atoms with van der Waals surface area (Å²) in [4.78, 5) is 11.1. The number of carboxylic acids is 1. The molecule has 2 aliphatic rings. The molecule has 2 heterocycles. The van der Waals surface area contributed by atoms with Gasteiger partial charge in [-0.1, -0.05) is 24.3 Å². The van der Waals surface area contributed by atoms with Crippen molar-refractivity contribution in [2.75, 3.05) is 18.9 Å². The second-order valence-electron chi connectivity index (χ2n) is 7.95. The van der Waals surface area contributed by atoms with Gasteiger partial charge in [0.2, 0.25) is 0 Å². The maximum Gasteiger partial charge on any atom is 0.307 e. The molecule has 6 N–H and O–H groups in total. The summed E-state index contributed by atoms with van der Waals surface area (Å²) in [5.74, 6) is -0.844. The normalized spacial score (nSPS) is 17.8.